The fourth-order valence-electron chi connectivity index (χ4n) is 3.98. The highest BCUT2D eigenvalue weighted by atomic mass is 35.5. The number of benzene rings is 2. The van der Waals surface area contributed by atoms with Gasteiger partial charge in [0.25, 0.3) is 0 Å². The van der Waals surface area contributed by atoms with Gasteiger partial charge in [-0.2, -0.15) is 0 Å². The van der Waals surface area contributed by atoms with Crippen molar-refractivity contribution in [2.45, 2.75) is 56.1 Å². The summed E-state index contributed by atoms with van der Waals surface area (Å²) in [5, 5.41) is 1.24. The summed E-state index contributed by atoms with van der Waals surface area (Å²) in [4.78, 5) is 0.268. The Morgan fingerprint density at radius 2 is 1.86 bits per heavy atom. The maximum atomic E-state index is 11.7. The molecule has 0 aromatic heterocycles. The fourth-order valence-corrected chi connectivity index (χ4v) is 5.20. The van der Waals surface area contributed by atoms with Crippen molar-refractivity contribution in [3.05, 3.63) is 57.6 Å². The van der Waals surface area contributed by atoms with Crippen molar-refractivity contribution in [1.29, 1.82) is 0 Å². The average Bonchev–Trinajstić information content (AvgIpc) is 2.98. The molecule has 29 heavy (non-hydrogen) atoms. The van der Waals surface area contributed by atoms with Gasteiger partial charge in [0, 0.05) is 28.3 Å². The van der Waals surface area contributed by atoms with E-state index in [1.807, 2.05) is 6.07 Å². The molecule has 1 aliphatic rings. The zero-order valence-corrected chi connectivity index (χ0v) is 19.0. The standard InChI is InChI=1S/C22H27Cl2NO3S/c1-3-4-16(25)6-5-14-11-19-20(12-15(23)13-21(19)24)22(14)28-17-7-9-18(10-8-17)29(2,26)27/h7-10,12-14,16,22H,3-6,11,25H2,1-2H3/t14-,16+,22+/m0/s1. The summed E-state index contributed by atoms with van der Waals surface area (Å²) < 4.78 is 29.7. The minimum absolute atomic E-state index is 0.178. The van der Waals surface area contributed by atoms with E-state index in [1.54, 1.807) is 30.3 Å². The van der Waals surface area contributed by atoms with E-state index in [-0.39, 0.29) is 23.0 Å². The maximum absolute atomic E-state index is 11.7. The van der Waals surface area contributed by atoms with E-state index >= 15 is 0 Å². The van der Waals surface area contributed by atoms with Crippen LogP contribution in [0.25, 0.3) is 0 Å². The number of sulfone groups is 1. The Labute approximate surface area is 183 Å². The van der Waals surface area contributed by atoms with Crippen molar-refractivity contribution < 1.29 is 13.2 Å². The molecule has 0 unspecified atom stereocenters. The van der Waals surface area contributed by atoms with Crippen molar-refractivity contribution in [3.63, 3.8) is 0 Å². The molecule has 0 bridgehead atoms. The highest BCUT2D eigenvalue weighted by Gasteiger charge is 2.36. The van der Waals surface area contributed by atoms with E-state index in [9.17, 15) is 8.42 Å². The molecule has 3 rings (SSSR count). The van der Waals surface area contributed by atoms with Crippen LogP contribution < -0.4 is 10.5 Å². The maximum Gasteiger partial charge on any atom is 0.175 e. The van der Waals surface area contributed by atoms with Gasteiger partial charge in [-0.3, -0.25) is 0 Å². The van der Waals surface area contributed by atoms with Gasteiger partial charge in [0.05, 0.1) is 4.90 Å². The summed E-state index contributed by atoms with van der Waals surface area (Å²) in [5.41, 5.74) is 8.31. The number of hydrogen-bond donors (Lipinski definition) is 1. The van der Waals surface area contributed by atoms with Crippen molar-refractivity contribution in [1.82, 2.24) is 0 Å². The molecule has 0 aliphatic heterocycles. The second-order valence-electron chi connectivity index (χ2n) is 7.83. The Morgan fingerprint density at radius 3 is 2.48 bits per heavy atom. The first-order valence-corrected chi connectivity index (χ1v) is 12.5. The molecular formula is C22H27Cl2NO3S. The topological polar surface area (TPSA) is 69.4 Å². The largest absolute Gasteiger partial charge is 0.485 e. The van der Waals surface area contributed by atoms with Gasteiger partial charge in [0.1, 0.15) is 11.9 Å². The van der Waals surface area contributed by atoms with Crippen LogP contribution in [0.4, 0.5) is 0 Å². The SMILES string of the molecule is CCC[C@@H](N)CC[C@H]1Cc2c(Cl)cc(Cl)cc2[C@@H]1Oc1ccc(S(C)(=O)=O)cc1. The number of fused-ring (bicyclic) bond motifs is 1. The molecule has 2 N–H and O–H groups in total. The summed E-state index contributed by atoms with van der Waals surface area (Å²) in [6, 6.07) is 10.4. The molecule has 0 radical (unpaired) electrons. The van der Waals surface area contributed by atoms with Gasteiger partial charge in [-0.05, 0) is 73.2 Å². The van der Waals surface area contributed by atoms with E-state index < -0.39 is 9.84 Å². The molecule has 0 fully saturated rings. The summed E-state index contributed by atoms with van der Waals surface area (Å²) in [6.07, 6.45) is 5.73. The minimum Gasteiger partial charge on any atom is -0.485 e. The quantitative estimate of drug-likeness (QED) is 0.562. The number of nitrogens with two attached hydrogens (primary N) is 1. The molecule has 7 heteroatoms. The third-order valence-electron chi connectivity index (χ3n) is 5.48. The monoisotopic (exact) mass is 455 g/mol. The first-order valence-electron chi connectivity index (χ1n) is 9.89. The first-order chi connectivity index (χ1) is 13.7. The van der Waals surface area contributed by atoms with Crippen LogP contribution in [0.2, 0.25) is 10.0 Å². The molecule has 0 saturated carbocycles. The molecule has 158 valence electrons. The van der Waals surface area contributed by atoms with Crippen LogP contribution in [-0.2, 0) is 16.3 Å². The van der Waals surface area contributed by atoms with Gasteiger partial charge in [-0.25, -0.2) is 8.42 Å². The van der Waals surface area contributed by atoms with Crippen LogP contribution in [0, 0.1) is 5.92 Å². The predicted molar refractivity (Wildman–Crippen MR) is 119 cm³/mol. The molecule has 2 aromatic carbocycles. The van der Waals surface area contributed by atoms with E-state index in [0.717, 1.165) is 43.2 Å². The van der Waals surface area contributed by atoms with Crippen LogP contribution >= 0.6 is 23.2 Å². The molecule has 1 aliphatic carbocycles. The van der Waals surface area contributed by atoms with Crippen molar-refractivity contribution in [2.75, 3.05) is 6.26 Å². The molecule has 2 aromatic rings. The number of ether oxygens (including phenoxy) is 1. The smallest absolute Gasteiger partial charge is 0.175 e. The number of hydrogen-bond acceptors (Lipinski definition) is 4. The number of rotatable bonds is 8. The van der Waals surface area contributed by atoms with E-state index in [0.29, 0.717) is 15.8 Å². The van der Waals surface area contributed by atoms with E-state index in [2.05, 4.69) is 6.92 Å². The zero-order chi connectivity index (χ0) is 21.2. The lowest BCUT2D eigenvalue weighted by Crippen LogP contribution is -2.22. The molecule has 4 nitrogen and oxygen atoms in total. The van der Waals surface area contributed by atoms with Gasteiger partial charge >= 0.3 is 0 Å². The summed E-state index contributed by atoms with van der Waals surface area (Å²) >= 11 is 12.7. The van der Waals surface area contributed by atoms with Crippen molar-refractivity contribution in [2.24, 2.45) is 11.7 Å². The lowest BCUT2D eigenvalue weighted by molar-refractivity contribution is 0.140. The van der Waals surface area contributed by atoms with Crippen LogP contribution in [0.5, 0.6) is 5.75 Å². The normalized spacial score (nSPS) is 19.8. The Bertz CT molecular complexity index is 961. The summed E-state index contributed by atoms with van der Waals surface area (Å²) in [7, 11) is -3.25. The molecule has 0 saturated heterocycles. The molecular weight excluding hydrogens is 429 g/mol. The fraction of sp³-hybridized carbons (Fsp3) is 0.455. The van der Waals surface area contributed by atoms with E-state index in [4.69, 9.17) is 33.7 Å². The predicted octanol–water partition coefficient (Wildman–Crippen LogP) is 5.60. The highest BCUT2D eigenvalue weighted by molar-refractivity contribution is 7.90. The summed E-state index contributed by atoms with van der Waals surface area (Å²) in [6.45, 7) is 2.14. The molecule has 0 spiro atoms. The lowest BCUT2D eigenvalue weighted by Gasteiger charge is -2.23. The first kappa shape index (κ1) is 22.4. The molecule has 3 atom stereocenters. The van der Waals surface area contributed by atoms with E-state index in [1.165, 1.54) is 6.26 Å². The number of halogens is 2. The molecule has 0 amide bonds. The van der Waals surface area contributed by atoms with Gasteiger partial charge < -0.3 is 10.5 Å². The lowest BCUT2D eigenvalue weighted by atomic mass is 9.94. The zero-order valence-electron chi connectivity index (χ0n) is 16.7. The second kappa shape index (κ2) is 9.25. The Kier molecular flexibility index (Phi) is 7.15. The van der Waals surface area contributed by atoms with Gasteiger partial charge in [0.15, 0.2) is 9.84 Å². The summed E-state index contributed by atoms with van der Waals surface area (Å²) in [5.74, 6) is 0.854. The van der Waals surface area contributed by atoms with Crippen LogP contribution in [0.15, 0.2) is 41.3 Å². The van der Waals surface area contributed by atoms with Crippen LogP contribution in [0.3, 0.4) is 0 Å². The third-order valence-corrected chi connectivity index (χ3v) is 7.16. The minimum atomic E-state index is -3.25. The van der Waals surface area contributed by atoms with Crippen molar-refractivity contribution >= 4 is 33.0 Å². The van der Waals surface area contributed by atoms with Crippen molar-refractivity contribution in [3.8, 4) is 5.75 Å². The third kappa shape index (κ3) is 5.46. The van der Waals surface area contributed by atoms with Crippen LogP contribution in [-0.4, -0.2) is 20.7 Å². The van der Waals surface area contributed by atoms with Gasteiger partial charge in [0.2, 0.25) is 0 Å². The Hall–Kier alpha value is -1.27. The Balaban J connectivity index is 1.85. The Morgan fingerprint density at radius 1 is 1.17 bits per heavy atom. The van der Waals surface area contributed by atoms with Gasteiger partial charge in [-0.15, -0.1) is 0 Å². The van der Waals surface area contributed by atoms with Crippen LogP contribution in [0.1, 0.15) is 49.8 Å². The molecule has 0 heterocycles. The second-order valence-corrected chi connectivity index (χ2v) is 10.7. The van der Waals surface area contributed by atoms with Gasteiger partial charge in [-0.1, -0.05) is 36.5 Å². The highest BCUT2D eigenvalue weighted by Crippen LogP contribution is 2.45. The average molecular weight is 456 g/mol.